The SMILES string of the molecule is CCN(CC)C/C=C\c1cc(F)ccc1S(=O)(=O)Nc1ccc2c(c1C(=O)OC)OC[C@H]1OCC[C@@H]21. The number of nitrogens with one attached hydrogen (secondary N) is 1. The Balaban J connectivity index is 1.70. The first-order valence-corrected chi connectivity index (χ1v) is 13.5. The van der Waals surface area contributed by atoms with Crippen LogP contribution in [0.5, 0.6) is 5.75 Å². The Kier molecular flexibility index (Phi) is 7.97. The Labute approximate surface area is 211 Å². The minimum absolute atomic E-state index is 0.00432. The molecule has 0 saturated carbocycles. The molecule has 0 radical (unpaired) electrons. The predicted molar refractivity (Wildman–Crippen MR) is 134 cm³/mol. The minimum atomic E-state index is -4.20. The number of carbonyl (C=O) groups excluding carboxylic acids is 1. The van der Waals surface area contributed by atoms with Crippen molar-refractivity contribution in [3.05, 3.63) is 58.9 Å². The molecule has 2 aromatic rings. The smallest absolute Gasteiger partial charge is 0.343 e. The Morgan fingerprint density at radius 1 is 1.25 bits per heavy atom. The molecule has 36 heavy (non-hydrogen) atoms. The van der Waals surface area contributed by atoms with E-state index < -0.39 is 21.8 Å². The third kappa shape index (κ3) is 5.25. The molecular formula is C26H31FN2O6S. The van der Waals surface area contributed by atoms with Crippen LogP contribution < -0.4 is 9.46 Å². The number of anilines is 1. The fraction of sp³-hybridized carbons (Fsp3) is 0.423. The van der Waals surface area contributed by atoms with Gasteiger partial charge in [-0.25, -0.2) is 17.6 Å². The van der Waals surface area contributed by atoms with Crippen molar-refractivity contribution in [1.29, 1.82) is 0 Å². The second-order valence-corrected chi connectivity index (χ2v) is 10.3. The second-order valence-electron chi connectivity index (χ2n) is 8.69. The molecule has 0 amide bonds. The maximum Gasteiger partial charge on any atom is 0.343 e. The molecule has 4 rings (SSSR count). The Morgan fingerprint density at radius 2 is 2.03 bits per heavy atom. The molecule has 2 aliphatic rings. The Bertz CT molecular complexity index is 1260. The third-order valence-corrected chi connectivity index (χ3v) is 8.08. The highest BCUT2D eigenvalue weighted by atomic mass is 32.2. The molecular weight excluding hydrogens is 487 g/mol. The number of carbonyl (C=O) groups is 1. The summed E-state index contributed by atoms with van der Waals surface area (Å²) in [6.45, 7) is 7.17. The number of ether oxygens (including phenoxy) is 3. The standard InChI is InChI=1S/C26H31FN2O6S/c1-4-29(5-2)13-6-7-17-15-18(27)8-11-23(17)36(31,32)28-21-10-9-20-19-12-14-34-22(19)16-35-25(20)24(21)26(30)33-3/h6-11,15,19,22,28H,4-5,12-14,16H2,1-3H3/b7-6-/t19-,22+/m0/s1. The molecule has 0 bridgehead atoms. The number of sulfonamides is 1. The van der Waals surface area contributed by atoms with Crippen molar-refractivity contribution in [2.24, 2.45) is 0 Å². The van der Waals surface area contributed by atoms with Gasteiger partial charge in [0.1, 0.15) is 23.7 Å². The molecule has 8 nitrogen and oxygen atoms in total. The molecule has 2 aromatic carbocycles. The summed E-state index contributed by atoms with van der Waals surface area (Å²) in [6.07, 6.45) is 4.07. The zero-order chi connectivity index (χ0) is 25.9. The molecule has 1 N–H and O–H groups in total. The summed E-state index contributed by atoms with van der Waals surface area (Å²) in [6, 6.07) is 6.76. The molecule has 2 atom stereocenters. The van der Waals surface area contributed by atoms with Crippen LogP contribution in [-0.2, 0) is 19.5 Å². The van der Waals surface area contributed by atoms with Crippen LogP contribution in [-0.4, -0.2) is 65.3 Å². The normalized spacial score (nSPS) is 19.1. The van der Waals surface area contributed by atoms with Gasteiger partial charge in [-0.15, -0.1) is 0 Å². The highest BCUT2D eigenvalue weighted by Crippen LogP contribution is 2.45. The van der Waals surface area contributed by atoms with Gasteiger partial charge in [0.05, 0.1) is 23.8 Å². The van der Waals surface area contributed by atoms with Crippen molar-refractivity contribution < 1.29 is 31.8 Å². The quantitative estimate of drug-likeness (QED) is 0.501. The van der Waals surface area contributed by atoms with E-state index in [1.54, 1.807) is 18.2 Å². The van der Waals surface area contributed by atoms with Gasteiger partial charge in [-0.2, -0.15) is 0 Å². The van der Waals surface area contributed by atoms with Crippen LogP contribution in [0.3, 0.4) is 0 Å². The van der Waals surface area contributed by atoms with Crippen molar-refractivity contribution in [3.63, 3.8) is 0 Å². The third-order valence-electron chi connectivity index (χ3n) is 6.64. The van der Waals surface area contributed by atoms with Crippen molar-refractivity contribution in [2.45, 2.75) is 37.2 Å². The van der Waals surface area contributed by atoms with Crippen molar-refractivity contribution >= 4 is 27.8 Å². The number of likely N-dealkylation sites (N-methyl/N-ethyl adjacent to an activating group) is 1. The summed E-state index contributed by atoms with van der Waals surface area (Å²) in [5.41, 5.74) is 1.02. The molecule has 0 aliphatic carbocycles. The van der Waals surface area contributed by atoms with E-state index in [2.05, 4.69) is 9.62 Å². The Morgan fingerprint density at radius 3 is 2.75 bits per heavy atom. The average Bonchev–Trinajstić information content (AvgIpc) is 3.35. The number of methoxy groups -OCH3 is 1. The van der Waals surface area contributed by atoms with Gasteiger partial charge in [0.2, 0.25) is 0 Å². The molecule has 10 heteroatoms. The first-order chi connectivity index (χ1) is 17.3. The van der Waals surface area contributed by atoms with E-state index in [-0.39, 0.29) is 40.3 Å². The van der Waals surface area contributed by atoms with Crippen LogP contribution in [0.4, 0.5) is 10.1 Å². The van der Waals surface area contributed by atoms with Crippen molar-refractivity contribution in [3.8, 4) is 5.75 Å². The highest BCUT2D eigenvalue weighted by Gasteiger charge is 2.39. The van der Waals surface area contributed by atoms with E-state index in [0.717, 1.165) is 31.1 Å². The van der Waals surface area contributed by atoms with Crippen LogP contribution in [0.1, 0.15) is 47.7 Å². The Hall–Kier alpha value is -2.95. The topological polar surface area (TPSA) is 94.2 Å². The van der Waals surface area contributed by atoms with Crippen molar-refractivity contribution in [2.75, 3.05) is 44.7 Å². The van der Waals surface area contributed by atoms with Gasteiger partial charge < -0.3 is 19.1 Å². The van der Waals surface area contributed by atoms with Gasteiger partial charge in [-0.05, 0) is 49.3 Å². The van der Waals surface area contributed by atoms with Crippen molar-refractivity contribution in [1.82, 2.24) is 4.90 Å². The molecule has 1 saturated heterocycles. The zero-order valence-corrected chi connectivity index (χ0v) is 21.4. The van der Waals surface area contributed by atoms with E-state index >= 15 is 0 Å². The lowest BCUT2D eigenvalue weighted by Crippen LogP contribution is -2.30. The van der Waals surface area contributed by atoms with Crippen LogP contribution in [0.2, 0.25) is 0 Å². The van der Waals surface area contributed by atoms with Gasteiger partial charge in [0, 0.05) is 24.6 Å². The number of hydrogen-bond donors (Lipinski definition) is 1. The van der Waals surface area contributed by atoms with E-state index in [1.165, 1.54) is 25.3 Å². The number of fused-ring (bicyclic) bond motifs is 3. The first-order valence-electron chi connectivity index (χ1n) is 12.0. The number of halogens is 1. The maximum atomic E-state index is 14.0. The van der Waals surface area contributed by atoms with Crippen LogP contribution in [0.25, 0.3) is 6.08 Å². The number of esters is 1. The van der Waals surface area contributed by atoms with Crippen LogP contribution in [0, 0.1) is 5.82 Å². The van der Waals surface area contributed by atoms with Gasteiger partial charge in [-0.1, -0.05) is 32.1 Å². The number of nitrogens with zero attached hydrogens (tertiary/aromatic N) is 1. The molecule has 2 heterocycles. The first kappa shape index (κ1) is 26.1. The second kappa shape index (κ2) is 11.0. The van der Waals surface area contributed by atoms with E-state index in [9.17, 15) is 17.6 Å². The molecule has 0 unspecified atom stereocenters. The van der Waals surface area contributed by atoms with Crippen LogP contribution in [0.15, 0.2) is 41.3 Å². The number of rotatable bonds is 9. The largest absolute Gasteiger partial charge is 0.490 e. The van der Waals surface area contributed by atoms with Crippen LogP contribution >= 0.6 is 0 Å². The van der Waals surface area contributed by atoms with E-state index in [1.807, 2.05) is 13.8 Å². The van der Waals surface area contributed by atoms with Gasteiger partial charge in [0.25, 0.3) is 10.0 Å². The number of hydrogen-bond acceptors (Lipinski definition) is 7. The fourth-order valence-electron chi connectivity index (χ4n) is 4.67. The summed E-state index contributed by atoms with van der Waals surface area (Å²) >= 11 is 0. The van der Waals surface area contributed by atoms with Gasteiger partial charge >= 0.3 is 5.97 Å². The molecule has 2 aliphatic heterocycles. The monoisotopic (exact) mass is 518 g/mol. The lowest BCUT2D eigenvalue weighted by atomic mass is 9.88. The molecule has 0 aromatic heterocycles. The summed E-state index contributed by atoms with van der Waals surface area (Å²) < 4.78 is 60.0. The minimum Gasteiger partial charge on any atom is -0.490 e. The average molecular weight is 519 g/mol. The molecule has 0 spiro atoms. The highest BCUT2D eigenvalue weighted by molar-refractivity contribution is 7.92. The molecule has 1 fully saturated rings. The maximum absolute atomic E-state index is 14.0. The van der Waals surface area contributed by atoms with E-state index in [0.29, 0.717) is 18.9 Å². The molecule has 194 valence electrons. The number of benzene rings is 2. The fourth-order valence-corrected chi connectivity index (χ4v) is 5.93. The van der Waals surface area contributed by atoms with Gasteiger partial charge in [0.15, 0.2) is 0 Å². The van der Waals surface area contributed by atoms with E-state index in [4.69, 9.17) is 14.2 Å². The van der Waals surface area contributed by atoms with Gasteiger partial charge in [-0.3, -0.25) is 4.72 Å². The summed E-state index contributed by atoms with van der Waals surface area (Å²) in [4.78, 5) is 14.8. The lowest BCUT2D eigenvalue weighted by molar-refractivity contribution is 0.0469. The summed E-state index contributed by atoms with van der Waals surface area (Å²) in [5, 5.41) is 0. The lowest BCUT2D eigenvalue weighted by Gasteiger charge is -2.29. The predicted octanol–water partition coefficient (Wildman–Crippen LogP) is 4.03. The summed E-state index contributed by atoms with van der Waals surface area (Å²) in [5.74, 6) is -0.919. The zero-order valence-electron chi connectivity index (χ0n) is 20.6. The summed E-state index contributed by atoms with van der Waals surface area (Å²) in [7, 11) is -2.98.